The Morgan fingerprint density at radius 3 is 2.50 bits per heavy atom. The van der Waals surface area contributed by atoms with Crippen LogP contribution in [0.15, 0.2) is 54.6 Å². The number of carbonyl (C=O) groups excluding carboxylic acids is 3. The zero-order valence-corrected chi connectivity index (χ0v) is 16.9. The number of aryl methyl sites for hydroxylation is 1. The Kier molecular flexibility index (Phi) is 6.47. The summed E-state index contributed by atoms with van der Waals surface area (Å²) in [5.41, 5.74) is 2.70. The van der Waals surface area contributed by atoms with E-state index in [1.165, 1.54) is 6.07 Å². The number of carbonyl (C=O) groups is 3. The second-order valence-electron chi connectivity index (χ2n) is 7.55. The summed E-state index contributed by atoms with van der Waals surface area (Å²) >= 11 is 0. The van der Waals surface area contributed by atoms with Crippen LogP contribution in [-0.2, 0) is 16.0 Å². The van der Waals surface area contributed by atoms with Crippen molar-refractivity contribution in [1.82, 2.24) is 21.1 Å². The SMILES string of the molecule is CC(NCC(=O)NN1C(=O)NC(C)(CCc2ccccc2)C1=O)c1ccccc1F. The Labute approximate surface area is 174 Å². The van der Waals surface area contributed by atoms with Crippen molar-refractivity contribution in [3.05, 3.63) is 71.5 Å². The highest BCUT2D eigenvalue weighted by molar-refractivity contribution is 6.07. The number of urea groups is 1. The molecule has 2 aromatic carbocycles. The molecule has 2 atom stereocenters. The normalized spacial score (nSPS) is 19.5. The Hall–Kier alpha value is -3.26. The summed E-state index contributed by atoms with van der Waals surface area (Å²) < 4.78 is 13.8. The average Bonchev–Trinajstić information content (AvgIpc) is 2.95. The first-order chi connectivity index (χ1) is 14.3. The molecule has 4 amide bonds. The molecule has 0 aromatic heterocycles. The van der Waals surface area contributed by atoms with Crippen LogP contribution in [0.5, 0.6) is 0 Å². The van der Waals surface area contributed by atoms with Crippen LogP contribution in [0.2, 0.25) is 0 Å². The predicted octanol–water partition coefficient (Wildman–Crippen LogP) is 2.45. The lowest BCUT2D eigenvalue weighted by Gasteiger charge is -2.22. The van der Waals surface area contributed by atoms with Gasteiger partial charge in [0.2, 0.25) is 0 Å². The topological polar surface area (TPSA) is 90.5 Å². The van der Waals surface area contributed by atoms with Crippen molar-refractivity contribution in [2.75, 3.05) is 6.54 Å². The fourth-order valence-electron chi connectivity index (χ4n) is 3.34. The number of amides is 4. The Bertz CT molecular complexity index is 937. The standard InChI is InChI=1S/C22H25FN4O3/c1-15(17-10-6-7-11-18(17)23)24-14-19(28)26-27-20(29)22(2,25-21(27)30)13-12-16-8-4-3-5-9-16/h3-11,15,24H,12-14H2,1-2H3,(H,25,30)(H,26,28). The molecule has 0 radical (unpaired) electrons. The van der Waals surface area contributed by atoms with E-state index in [2.05, 4.69) is 16.1 Å². The third-order valence-corrected chi connectivity index (χ3v) is 5.19. The van der Waals surface area contributed by atoms with Crippen molar-refractivity contribution < 1.29 is 18.8 Å². The molecule has 3 rings (SSSR count). The van der Waals surface area contributed by atoms with Crippen LogP contribution in [0.4, 0.5) is 9.18 Å². The molecule has 2 aromatic rings. The molecule has 2 unspecified atom stereocenters. The average molecular weight is 412 g/mol. The molecule has 1 aliphatic heterocycles. The first-order valence-corrected chi connectivity index (χ1v) is 9.78. The van der Waals surface area contributed by atoms with Gasteiger partial charge in [0.15, 0.2) is 0 Å². The van der Waals surface area contributed by atoms with Gasteiger partial charge in [0.25, 0.3) is 11.8 Å². The summed E-state index contributed by atoms with van der Waals surface area (Å²) in [7, 11) is 0. The molecule has 1 heterocycles. The van der Waals surface area contributed by atoms with Crippen molar-refractivity contribution >= 4 is 17.8 Å². The van der Waals surface area contributed by atoms with E-state index < -0.39 is 29.4 Å². The number of hydrogen-bond acceptors (Lipinski definition) is 4. The second kappa shape index (κ2) is 9.04. The quantitative estimate of drug-likeness (QED) is 0.581. The van der Waals surface area contributed by atoms with Crippen LogP contribution in [0, 0.1) is 5.82 Å². The second-order valence-corrected chi connectivity index (χ2v) is 7.55. The van der Waals surface area contributed by atoms with Gasteiger partial charge in [-0.25, -0.2) is 9.18 Å². The summed E-state index contributed by atoms with van der Waals surface area (Å²) in [5.74, 6) is -1.46. The van der Waals surface area contributed by atoms with E-state index >= 15 is 0 Å². The van der Waals surface area contributed by atoms with Crippen LogP contribution in [0.3, 0.4) is 0 Å². The highest BCUT2D eigenvalue weighted by Gasteiger charge is 2.48. The summed E-state index contributed by atoms with van der Waals surface area (Å²) in [6.45, 7) is 3.17. The molecule has 8 heteroatoms. The largest absolute Gasteiger partial charge is 0.344 e. The zero-order chi connectivity index (χ0) is 21.7. The van der Waals surface area contributed by atoms with Gasteiger partial charge in [0.1, 0.15) is 11.4 Å². The number of hydrazine groups is 1. The van der Waals surface area contributed by atoms with Gasteiger partial charge >= 0.3 is 6.03 Å². The van der Waals surface area contributed by atoms with Gasteiger partial charge in [-0.15, -0.1) is 0 Å². The monoisotopic (exact) mass is 412 g/mol. The number of rotatable bonds is 8. The predicted molar refractivity (Wildman–Crippen MR) is 110 cm³/mol. The van der Waals surface area contributed by atoms with Crippen molar-refractivity contribution in [2.45, 2.75) is 38.3 Å². The number of nitrogens with one attached hydrogen (secondary N) is 3. The van der Waals surface area contributed by atoms with Crippen molar-refractivity contribution in [1.29, 1.82) is 0 Å². The molecule has 0 saturated carbocycles. The van der Waals surface area contributed by atoms with Crippen LogP contribution >= 0.6 is 0 Å². The number of hydrogen-bond donors (Lipinski definition) is 3. The molecular weight excluding hydrogens is 387 g/mol. The van der Waals surface area contributed by atoms with E-state index in [4.69, 9.17) is 0 Å². The van der Waals surface area contributed by atoms with E-state index in [-0.39, 0.29) is 12.4 Å². The molecule has 30 heavy (non-hydrogen) atoms. The van der Waals surface area contributed by atoms with Gasteiger partial charge in [0, 0.05) is 11.6 Å². The number of halogens is 1. The van der Waals surface area contributed by atoms with Crippen LogP contribution in [-0.4, -0.2) is 34.9 Å². The lowest BCUT2D eigenvalue weighted by atomic mass is 9.93. The minimum atomic E-state index is -1.10. The Morgan fingerprint density at radius 2 is 1.80 bits per heavy atom. The fourth-order valence-corrected chi connectivity index (χ4v) is 3.34. The minimum Gasteiger partial charge on any atom is -0.322 e. The molecule has 1 fully saturated rings. The first-order valence-electron chi connectivity index (χ1n) is 9.78. The lowest BCUT2D eigenvalue weighted by Crippen LogP contribution is -2.51. The van der Waals surface area contributed by atoms with Crippen LogP contribution in [0.25, 0.3) is 0 Å². The molecule has 0 aliphatic carbocycles. The smallest absolute Gasteiger partial charge is 0.322 e. The van der Waals surface area contributed by atoms with Crippen molar-refractivity contribution in [3.63, 3.8) is 0 Å². The lowest BCUT2D eigenvalue weighted by molar-refractivity contribution is -0.138. The first kappa shape index (κ1) is 21.4. The molecule has 7 nitrogen and oxygen atoms in total. The molecule has 158 valence electrons. The van der Waals surface area contributed by atoms with E-state index in [0.29, 0.717) is 23.4 Å². The molecule has 1 aliphatic rings. The third-order valence-electron chi connectivity index (χ3n) is 5.19. The maximum Gasteiger partial charge on any atom is 0.344 e. The zero-order valence-electron chi connectivity index (χ0n) is 16.9. The number of imide groups is 1. The summed E-state index contributed by atoms with van der Waals surface area (Å²) in [4.78, 5) is 37.3. The Morgan fingerprint density at radius 1 is 1.13 bits per heavy atom. The highest BCUT2D eigenvalue weighted by atomic mass is 19.1. The fraction of sp³-hybridized carbons (Fsp3) is 0.318. The van der Waals surface area contributed by atoms with Gasteiger partial charge in [-0.3, -0.25) is 15.0 Å². The maximum absolute atomic E-state index is 13.8. The molecule has 0 bridgehead atoms. The maximum atomic E-state index is 13.8. The van der Waals surface area contributed by atoms with Crippen molar-refractivity contribution in [2.24, 2.45) is 0 Å². The highest BCUT2D eigenvalue weighted by Crippen LogP contribution is 2.22. The summed E-state index contributed by atoms with van der Waals surface area (Å²) in [6, 6.07) is 14.8. The van der Waals surface area contributed by atoms with Crippen LogP contribution in [0.1, 0.15) is 37.4 Å². The van der Waals surface area contributed by atoms with Gasteiger partial charge in [-0.05, 0) is 38.3 Å². The third kappa shape index (κ3) is 4.83. The van der Waals surface area contributed by atoms with Crippen molar-refractivity contribution in [3.8, 4) is 0 Å². The molecule has 3 N–H and O–H groups in total. The molecule has 1 saturated heterocycles. The summed E-state index contributed by atoms with van der Waals surface area (Å²) in [5, 5.41) is 6.26. The van der Waals surface area contributed by atoms with Gasteiger partial charge < -0.3 is 10.6 Å². The van der Waals surface area contributed by atoms with Gasteiger partial charge in [-0.1, -0.05) is 48.5 Å². The number of nitrogens with zero attached hydrogens (tertiary/aromatic N) is 1. The van der Waals surface area contributed by atoms with E-state index in [9.17, 15) is 18.8 Å². The Balaban J connectivity index is 1.54. The van der Waals surface area contributed by atoms with E-state index in [1.807, 2.05) is 30.3 Å². The van der Waals surface area contributed by atoms with E-state index in [1.54, 1.807) is 32.0 Å². The van der Waals surface area contributed by atoms with Gasteiger partial charge in [0.05, 0.1) is 6.54 Å². The van der Waals surface area contributed by atoms with Gasteiger partial charge in [-0.2, -0.15) is 5.01 Å². The molecule has 0 spiro atoms. The van der Waals surface area contributed by atoms with Crippen LogP contribution < -0.4 is 16.1 Å². The number of benzene rings is 2. The summed E-state index contributed by atoms with van der Waals surface area (Å²) in [6.07, 6.45) is 1.00. The minimum absolute atomic E-state index is 0.187. The van der Waals surface area contributed by atoms with E-state index in [0.717, 1.165) is 5.56 Å². The molecular formula is C22H25FN4O3.